The Balaban J connectivity index is 1.66. The third-order valence-corrected chi connectivity index (χ3v) is 5.51. The lowest BCUT2D eigenvalue weighted by atomic mass is 10.1. The number of pyridine rings is 2. The molecule has 0 atom stereocenters. The number of H-pyrrole nitrogens is 1. The van der Waals surface area contributed by atoms with E-state index in [9.17, 15) is 35.5 Å². The van der Waals surface area contributed by atoms with Gasteiger partial charge in [-0.05, 0) is 30.3 Å². The molecule has 4 aromatic rings. The van der Waals surface area contributed by atoms with Crippen LogP contribution in [0, 0.1) is 5.82 Å². The second-order valence-corrected chi connectivity index (χ2v) is 8.56. The molecular weight excluding hydrogens is 584 g/mol. The predicted octanol–water partition coefficient (Wildman–Crippen LogP) is 6.43. The topological polar surface area (TPSA) is 105 Å². The van der Waals surface area contributed by atoms with Crippen LogP contribution in [0.5, 0.6) is 5.88 Å². The molecule has 0 spiro atoms. The Morgan fingerprint density at radius 3 is 2.38 bits per heavy atom. The van der Waals surface area contributed by atoms with Crippen LogP contribution in [0.15, 0.2) is 36.5 Å². The highest BCUT2D eigenvalue weighted by Gasteiger charge is 2.34. The number of carbonyl (C=O) groups is 1. The number of carbonyl (C=O) groups excluding carboxylic acids is 1. The summed E-state index contributed by atoms with van der Waals surface area (Å²) in [7, 11) is 0. The lowest BCUT2D eigenvalue weighted by Crippen LogP contribution is -2.27. The number of aromatic nitrogens is 4. The van der Waals surface area contributed by atoms with Crippen LogP contribution in [0.3, 0.4) is 0 Å². The molecule has 3 heterocycles. The fourth-order valence-electron chi connectivity index (χ4n) is 3.28. The number of halogens is 9. The molecule has 0 fully saturated rings. The smallest absolute Gasteiger partial charge is 0.422 e. The minimum Gasteiger partial charge on any atom is -0.467 e. The number of nitrogens with one attached hydrogen (secondary N) is 3. The van der Waals surface area contributed by atoms with Gasteiger partial charge in [0.25, 0.3) is 5.91 Å². The van der Waals surface area contributed by atoms with Gasteiger partial charge in [-0.2, -0.15) is 31.3 Å². The molecule has 3 aromatic heterocycles. The zero-order valence-electron chi connectivity index (χ0n) is 18.9. The molecule has 0 saturated carbocycles. The van der Waals surface area contributed by atoms with Crippen LogP contribution < -0.4 is 15.4 Å². The van der Waals surface area contributed by atoms with Crippen molar-refractivity contribution in [2.24, 2.45) is 0 Å². The summed E-state index contributed by atoms with van der Waals surface area (Å²) in [5.74, 6) is -2.68. The van der Waals surface area contributed by atoms with Gasteiger partial charge >= 0.3 is 12.4 Å². The first-order valence-corrected chi connectivity index (χ1v) is 11.3. The zero-order chi connectivity index (χ0) is 28.5. The Kier molecular flexibility index (Phi) is 7.75. The van der Waals surface area contributed by atoms with E-state index in [1.54, 1.807) is 0 Å². The number of benzene rings is 1. The lowest BCUT2D eigenvalue weighted by molar-refractivity contribution is -0.154. The summed E-state index contributed by atoms with van der Waals surface area (Å²) < 4.78 is 96.3. The normalized spacial score (nSPS) is 12.0. The number of rotatable bonds is 7. The molecule has 0 aliphatic heterocycles. The first-order chi connectivity index (χ1) is 18.2. The van der Waals surface area contributed by atoms with Crippen LogP contribution in [-0.4, -0.2) is 38.6 Å². The Morgan fingerprint density at radius 1 is 1.05 bits per heavy atom. The Labute approximate surface area is 223 Å². The van der Waals surface area contributed by atoms with Crippen LogP contribution >= 0.6 is 23.2 Å². The number of imidazole rings is 1. The second kappa shape index (κ2) is 10.7. The molecule has 4 rings (SSSR count). The summed E-state index contributed by atoms with van der Waals surface area (Å²) in [6, 6.07) is 4.77. The largest absolute Gasteiger partial charge is 0.467 e. The monoisotopic (exact) mass is 596 g/mol. The minimum absolute atomic E-state index is 0.0427. The maximum atomic E-state index is 13.5. The summed E-state index contributed by atoms with van der Waals surface area (Å²) >= 11 is 12.0. The van der Waals surface area contributed by atoms with Gasteiger partial charge in [0.2, 0.25) is 11.8 Å². The van der Waals surface area contributed by atoms with Crippen molar-refractivity contribution < 1.29 is 40.3 Å². The molecule has 0 aliphatic carbocycles. The van der Waals surface area contributed by atoms with Crippen LogP contribution in [-0.2, 0) is 12.7 Å². The molecule has 0 bridgehead atoms. The molecule has 3 N–H and O–H groups in total. The van der Waals surface area contributed by atoms with E-state index >= 15 is 0 Å². The van der Waals surface area contributed by atoms with Gasteiger partial charge in [0.15, 0.2) is 12.3 Å². The van der Waals surface area contributed by atoms with E-state index in [-0.39, 0.29) is 32.8 Å². The molecule has 0 aliphatic rings. The number of alkyl halides is 6. The molecule has 0 saturated heterocycles. The highest BCUT2D eigenvalue weighted by Crippen LogP contribution is 2.34. The molecule has 1 aromatic carbocycles. The number of hydrogen-bond acceptors (Lipinski definition) is 6. The highest BCUT2D eigenvalue weighted by atomic mass is 35.5. The van der Waals surface area contributed by atoms with E-state index in [4.69, 9.17) is 27.9 Å². The fourth-order valence-corrected chi connectivity index (χ4v) is 3.84. The maximum absolute atomic E-state index is 13.5. The van der Waals surface area contributed by atoms with Gasteiger partial charge in [-0.3, -0.25) is 9.78 Å². The van der Waals surface area contributed by atoms with Gasteiger partial charge in [-0.25, -0.2) is 9.37 Å². The van der Waals surface area contributed by atoms with E-state index < -0.39 is 59.9 Å². The molecule has 39 heavy (non-hydrogen) atoms. The van der Waals surface area contributed by atoms with Crippen molar-refractivity contribution in [1.29, 1.82) is 0 Å². The van der Waals surface area contributed by atoms with Gasteiger partial charge < -0.3 is 20.4 Å². The number of nitrogens with zero attached hydrogens (tertiary/aromatic N) is 3. The van der Waals surface area contributed by atoms with Gasteiger partial charge in [0.05, 0.1) is 33.5 Å². The molecule has 8 nitrogen and oxygen atoms in total. The van der Waals surface area contributed by atoms with E-state index in [0.29, 0.717) is 0 Å². The predicted molar refractivity (Wildman–Crippen MR) is 126 cm³/mol. The number of anilines is 2. The van der Waals surface area contributed by atoms with E-state index in [0.717, 1.165) is 36.5 Å². The summed E-state index contributed by atoms with van der Waals surface area (Å²) in [5.41, 5.74) is -2.32. The second-order valence-electron chi connectivity index (χ2n) is 7.75. The number of hydrogen-bond donors (Lipinski definition) is 3. The molecule has 206 valence electrons. The summed E-state index contributed by atoms with van der Waals surface area (Å²) in [6.07, 6.45) is -8.47. The highest BCUT2D eigenvalue weighted by molar-refractivity contribution is 6.39. The summed E-state index contributed by atoms with van der Waals surface area (Å²) in [5, 5.41) is 4.61. The molecular formula is C22H13Cl2F7N6O2. The van der Waals surface area contributed by atoms with Crippen LogP contribution in [0.2, 0.25) is 10.0 Å². The van der Waals surface area contributed by atoms with Crippen molar-refractivity contribution >= 4 is 51.9 Å². The van der Waals surface area contributed by atoms with E-state index in [2.05, 4.69) is 30.6 Å². The van der Waals surface area contributed by atoms with E-state index in [1.165, 1.54) is 0 Å². The summed E-state index contributed by atoms with van der Waals surface area (Å²) in [6.45, 7) is -2.52. The van der Waals surface area contributed by atoms with Crippen molar-refractivity contribution in [3.8, 4) is 5.88 Å². The third-order valence-electron chi connectivity index (χ3n) is 4.92. The first-order valence-electron chi connectivity index (χ1n) is 10.5. The van der Waals surface area contributed by atoms with Crippen molar-refractivity contribution in [2.75, 3.05) is 11.9 Å². The number of aromatic amines is 1. The van der Waals surface area contributed by atoms with E-state index in [1.807, 2.05) is 0 Å². The molecule has 17 heteroatoms. The zero-order valence-corrected chi connectivity index (χ0v) is 20.4. The third kappa shape index (κ3) is 6.78. The van der Waals surface area contributed by atoms with Crippen molar-refractivity contribution in [1.82, 2.24) is 25.3 Å². The summed E-state index contributed by atoms with van der Waals surface area (Å²) in [4.78, 5) is 27.1. The molecule has 1 amide bonds. The van der Waals surface area contributed by atoms with Crippen molar-refractivity contribution in [3.05, 3.63) is 69.2 Å². The number of ether oxygens (including phenoxy) is 1. The maximum Gasteiger partial charge on any atom is 0.422 e. The van der Waals surface area contributed by atoms with Gasteiger partial charge in [0.1, 0.15) is 16.9 Å². The number of fused-ring (bicyclic) bond motifs is 1. The van der Waals surface area contributed by atoms with Crippen molar-refractivity contribution in [3.63, 3.8) is 0 Å². The minimum atomic E-state index is -4.79. The number of amides is 1. The SMILES string of the molecule is O=C(NCc1ncccc1C(F)(F)F)c1cc2nc(Nc3c(Cl)cc(F)cc3Cl)[nH]c2nc1OCC(F)(F)F. The standard InChI is InChI=1S/C22H13Cl2F7N6O2/c23-12-4-9(25)5-13(24)16(12)35-20-34-14-6-10(19(36-17(14)37-20)39-8-21(26,27)28)18(38)33-7-15-11(22(29,30)31)2-1-3-32-15/h1-6H,7-8H2,(H,33,38)(H2,34,35,36,37). The van der Waals surface area contributed by atoms with Crippen LogP contribution in [0.4, 0.5) is 42.4 Å². The lowest BCUT2D eigenvalue weighted by Gasteiger charge is -2.14. The van der Waals surface area contributed by atoms with Gasteiger partial charge in [-0.1, -0.05) is 23.2 Å². The average molecular weight is 597 g/mol. The molecule has 0 radical (unpaired) electrons. The average Bonchev–Trinajstić information content (AvgIpc) is 3.23. The Hall–Kier alpha value is -3.85. The van der Waals surface area contributed by atoms with Crippen LogP contribution in [0.1, 0.15) is 21.6 Å². The van der Waals surface area contributed by atoms with Gasteiger partial charge in [0, 0.05) is 6.20 Å². The quantitative estimate of drug-likeness (QED) is 0.212. The fraction of sp³-hybridized carbons (Fsp3) is 0.182. The van der Waals surface area contributed by atoms with Crippen LogP contribution in [0.25, 0.3) is 11.2 Å². The van der Waals surface area contributed by atoms with Crippen molar-refractivity contribution in [2.45, 2.75) is 18.9 Å². The first kappa shape index (κ1) is 28.2. The Morgan fingerprint density at radius 2 is 1.74 bits per heavy atom. The molecule has 0 unspecified atom stereocenters. The van der Waals surface area contributed by atoms with Gasteiger partial charge in [-0.15, -0.1) is 0 Å². The Bertz CT molecular complexity index is 1520.